The van der Waals surface area contributed by atoms with E-state index in [-0.39, 0.29) is 22.2 Å². The average molecular weight is 508 g/mol. The van der Waals surface area contributed by atoms with Gasteiger partial charge in [0, 0.05) is 29.1 Å². The van der Waals surface area contributed by atoms with Gasteiger partial charge < -0.3 is 4.98 Å². The Balaban J connectivity index is 1.54. The van der Waals surface area contributed by atoms with E-state index >= 15 is 0 Å². The number of aromatic nitrogens is 1. The third kappa shape index (κ3) is 5.41. The van der Waals surface area contributed by atoms with E-state index in [0.717, 1.165) is 12.1 Å². The van der Waals surface area contributed by atoms with Crippen molar-refractivity contribution in [3.63, 3.8) is 0 Å². The van der Waals surface area contributed by atoms with Crippen molar-refractivity contribution in [1.29, 1.82) is 0 Å². The van der Waals surface area contributed by atoms with Gasteiger partial charge in [0.15, 0.2) is 0 Å². The molecule has 2 N–H and O–H groups in total. The van der Waals surface area contributed by atoms with Gasteiger partial charge in [-0.05, 0) is 53.9 Å². The highest BCUT2D eigenvalue weighted by molar-refractivity contribution is 7.89. The van der Waals surface area contributed by atoms with Crippen molar-refractivity contribution >= 4 is 20.9 Å². The van der Waals surface area contributed by atoms with Crippen LogP contribution in [-0.4, -0.2) is 13.4 Å². The van der Waals surface area contributed by atoms with Crippen molar-refractivity contribution in [3.05, 3.63) is 111 Å². The van der Waals surface area contributed by atoms with Crippen molar-refractivity contribution in [2.75, 3.05) is 0 Å². The van der Waals surface area contributed by atoms with E-state index in [2.05, 4.69) is 9.71 Å². The summed E-state index contributed by atoms with van der Waals surface area (Å²) in [7, 11) is -4.08. The number of aromatic amines is 1. The zero-order chi connectivity index (χ0) is 25.4. The van der Waals surface area contributed by atoms with Crippen molar-refractivity contribution < 1.29 is 30.4 Å². The Kier molecular flexibility index (Phi) is 6.48. The number of fused-ring (bicyclic) bond motifs is 1. The van der Waals surface area contributed by atoms with Crippen LogP contribution in [0, 0.1) is 11.6 Å². The van der Waals surface area contributed by atoms with Crippen LogP contribution in [0.4, 0.5) is 22.0 Å². The number of hydrogen-bond donors (Lipinski definition) is 2. The van der Waals surface area contributed by atoms with E-state index in [1.54, 1.807) is 6.07 Å². The van der Waals surface area contributed by atoms with Crippen LogP contribution in [0.1, 0.15) is 22.3 Å². The molecule has 0 atom stereocenters. The Labute approximate surface area is 196 Å². The largest absolute Gasteiger partial charge is 0.417 e. The van der Waals surface area contributed by atoms with Gasteiger partial charge in [0.05, 0.1) is 10.5 Å². The van der Waals surface area contributed by atoms with Gasteiger partial charge in [-0.1, -0.05) is 24.3 Å². The van der Waals surface area contributed by atoms with Crippen molar-refractivity contribution in [1.82, 2.24) is 9.71 Å². The normalized spacial score (nSPS) is 12.3. The minimum absolute atomic E-state index is 0.0485. The lowest BCUT2D eigenvalue weighted by atomic mass is 10.0. The molecule has 0 saturated heterocycles. The molecule has 182 valence electrons. The molecule has 11 heteroatoms. The fourth-order valence-electron chi connectivity index (χ4n) is 3.62. The van der Waals surface area contributed by atoms with Crippen molar-refractivity contribution in [2.24, 2.45) is 0 Å². The predicted molar refractivity (Wildman–Crippen MR) is 119 cm³/mol. The molecular weight excluding hydrogens is 491 g/mol. The molecule has 0 fully saturated rings. The number of benzene rings is 3. The van der Waals surface area contributed by atoms with E-state index in [4.69, 9.17) is 0 Å². The molecular formula is C24H17F5N2O3S. The Morgan fingerprint density at radius 3 is 2.11 bits per heavy atom. The molecule has 0 unspecified atom stereocenters. The second-order valence-corrected chi connectivity index (χ2v) is 9.54. The lowest BCUT2D eigenvalue weighted by Crippen LogP contribution is -2.24. The summed E-state index contributed by atoms with van der Waals surface area (Å²) in [6, 6.07) is 13.5. The third-order valence-corrected chi connectivity index (χ3v) is 6.77. The molecule has 0 radical (unpaired) electrons. The van der Waals surface area contributed by atoms with Crippen LogP contribution < -0.4 is 10.3 Å². The number of nitrogens with one attached hydrogen (secondary N) is 2. The first-order chi connectivity index (χ1) is 16.4. The van der Waals surface area contributed by atoms with Gasteiger partial charge in [-0.25, -0.2) is 21.9 Å². The van der Waals surface area contributed by atoms with Gasteiger partial charge in [0.25, 0.3) is 0 Å². The molecule has 0 amide bonds. The second kappa shape index (κ2) is 9.23. The van der Waals surface area contributed by atoms with Crippen LogP contribution in [0.2, 0.25) is 0 Å². The summed E-state index contributed by atoms with van der Waals surface area (Å²) in [5.41, 5.74) is -1.14. The maximum Gasteiger partial charge on any atom is 0.417 e. The first kappa shape index (κ1) is 24.6. The lowest BCUT2D eigenvalue weighted by Gasteiger charge is -2.12. The maximum atomic E-state index is 13.7. The van der Waals surface area contributed by atoms with Crippen molar-refractivity contribution in [2.45, 2.75) is 24.0 Å². The third-order valence-electron chi connectivity index (χ3n) is 5.36. The van der Waals surface area contributed by atoms with Gasteiger partial charge in [0.2, 0.25) is 15.6 Å². The molecule has 1 aromatic heterocycles. The molecule has 3 aromatic carbocycles. The van der Waals surface area contributed by atoms with Gasteiger partial charge in [-0.15, -0.1) is 0 Å². The van der Waals surface area contributed by atoms with E-state index in [0.29, 0.717) is 17.2 Å². The number of rotatable bonds is 6. The number of H-pyrrole nitrogens is 1. The summed E-state index contributed by atoms with van der Waals surface area (Å²) in [6.07, 6.45) is -4.51. The van der Waals surface area contributed by atoms with Gasteiger partial charge in [-0.2, -0.15) is 13.2 Å². The quantitative estimate of drug-likeness (QED) is 0.364. The highest BCUT2D eigenvalue weighted by atomic mass is 32.2. The van der Waals surface area contributed by atoms with Gasteiger partial charge in [0.1, 0.15) is 11.6 Å². The molecule has 5 nitrogen and oxygen atoms in total. The first-order valence-corrected chi connectivity index (χ1v) is 11.7. The van der Waals surface area contributed by atoms with E-state index in [1.807, 2.05) is 0 Å². The molecule has 0 aliphatic carbocycles. The summed E-state index contributed by atoms with van der Waals surface area (Å²) >= 11 is 0. The highest BCUT2D eigenvalue weighted by Crippen LogP contribution is 2.33. The fourth-order valence-corrected chi connectivity index (χ4v) is 4.61. The number of hydrogen-bond acceptors (Lipinski definition) is 3. The zero-order valence-electron chi connectivity index (χ0n) is 17.8. The summed E-state index contributed by atoms with van der Waals surface area (Å²) in [4.78, 5) is 13.8. The molecule has 4 aromatic rings. The summed E-state index contributed by atoms with van der Waals surface area (Å²) in [5.74, 6) is -1.76. The van der Waals surface area contributed by atoms with Crippen LogP contribution in [0.5, 0.6) is 0 Å². The SMILES string of the molecule is O=c1cc(C(F)(F)F)c2cc(Cc3ccc(S(=O)(=O)NCc4c(F)cccc4F)cc3)ccc2[nH]1. The molecule has 1 heterocycles. The van der Waals surface area contributed by atoms with Crippen molar-refractivity contribution in [3.8, 4) is 0 Å². The Morgan fingerprint density at radius 2 is 1.49 bits per heavy atom. The lowest BCUT2D eigenvalue weighted by molar-refractivity contribution is -0.136. The number of sulfonamides is 1. The van der Waals surface area contributed by atoms with Crippen LogP contribution in [-0.2, 0) is 29.2 Å². The Morgan fingerprint density at radius 1 is 0.857 bits per heavy atom. The molecule has 0 bridgehead atoms. The summed E-state index contributed by atoms with van der Waals surface area (Å²) in [5, 5.41) is -0.154. The second-order valence-electron chi connectivity index (χ2n) is 7.77. The van der Waals surface area contributed by atoms with Crippen LogP contribution in [0.3, 0.4) is 0 Å². The fraction of sp³-hybridized carbons (Fsp3) is 0.125. The minimum Gasteiger partial charge on any atom is -0.322 e. The Bertz CT molecular complexity index is 1540. The Hall–Kier alpha value is -3.57. The van der Waals surface area contributed by atoms with Crippen LogP contribution in [0.15, 0.2) is 76.4 Å². The summed E-state index contributed by atoms with van der Waals surface area (Å²) < 4.78 is 94.8. The summed E-state index contributed by atoms with van der Waals surface area (Å²) in [6.45, 7) is -0.580. The monoisotopic (exact) mass is 508 g/mol. The zero-order valence-corrected chi connectivity index (χ0v) is 18.6. The number of pyridine rings is 1. The average Bonchev–Trinajstić information content (AvgIpc) is 2.78. The first-order valence-electron chi connectivity index (χ1n) is 10.2. The molecule has 0 spiro atoms. The standard InChI is InChI=1S/C24H17F5N2O3S/c25-20-2-1-3-21(26)18(20)13-30-35(33,34)16-7-4-14(5-8-16)10-15-6-9-22-17(11-15)19(24(27,28)29)12-23(32)31-22/h1-9,11-12,30H,10,13H2,(H,31,32). The van der Waals surface area contributed by atoms with Gasteiger partial charge >= 0.3 is 6.18 Å². The van der Waals surface area contributed by atoms with Crippen LogP contribution in [0.25, 0.3) is 10.9 Å². The topological polar surface area (TPSA) is 79.0 Å². The minimum atomic E-state index is -4.71. The number of alkyl halides is 3. The highest BCUT2D eigenvalue weighted by Gasteiger charge is 2.33. The van der Waals surface area contributed by atoms with Gasteiger partial charge in [-0.3, -0.25) is 4.79 Å². The number of halogens is 5. The van der Waals surface area contributed by atoms with Crippen LogP contribution >= 0.6 is 0 Å². The molecule has 0 saturated carbocycles. The predicted octanol–water partition coefficient (Wildman–Crippen LogP) is 4.89. The van der Waals surface area contributed by atoms with E-state index in [1.165, 1.54) is 42.5 Å². The molecule has 0 aliphatic rings. The maximum absolute atomic E-state index is 13.7. The molecule has 4 rings (SSSR count). The molecule has 35 heavy (non-hydrogen) atoms. The van der Waals surface area contributed by atoms with E-state index in [9.17, 15) is 35.2 Å². The van der Waals surface area contributed by atoms with E-state index < -0.39 is 51.1 Å². The molecule has 0 aliphatic heterocycles. The smallest absolute Gasteiger partial charge is 0.322 e.